The van der Waals surface area contributed by atoms with E-state index in [1.165, 1.54) is 11.8 Å². The summed E-state index contributed by atoms with van der Waals surface area (Å²) in [7, 11) is 0. The van der Waals surface area contributed by atoms with E-state index in [4.69, 9.17) is 11.5 Å². The molecule has 1 aliphatic heterocycles. The number of carbonyl (C=O) groups is 3. The van der Waals surface area contributed by atoms with Gasteiger partial charge in [-0.25, -0.2) is 0 Å². The molecule has 2 aliphatic rings. The number of thioether (sulfide) groups is 1. The fourth-order valence-electron chi connectivity index (χ4n) is 2.58. The molecule has 21 heavy (non-hydrogen) atoms. The van der Waals surface area contributed by atoms with E-state index in [0.29, 0.717) is 16.9 Å². The van der Waals surface area contributed by atoms with Crippen molar-refractivity contribution in [2.24, 2.45) is 11.5 Å². The predicted molar refractivity (Wildman–Crippen MR) is 78.1 cm³/mol. The number of hydrogen-bond acceptors (Lipinski definition) is 4. The fraction of sp³-hybridized carbons (Fsp3) is 0.133. The molecule has 0 unspecified atom stereocenters. The summed E-state index contributed by atoms with van der Waals surface area (Å²) in [5.41, 5.74) is 12.4. The van der Waals surface area contributed by atoms with Gasteiger partial charge in [0.1, 0.15) is 0 Å². The molecule has 3 rings (SSSR count). The molecular formula is C15H12N2O3S. The van der Waals surface area contributed by atoms with Crippen molar-refractivity contribution in [3.05, 3.63) is 51.5 Å². The second-order valence-corrected chi connectivity index (χ2v) is 5.93. The molecule has 1 aromatic rings. The van der Waals surface area contributed by atoms with Crippen LogP contribution in [0.2, 0.25) is 0 Å². The van der Waals surface area contributed by atoms with Crippen molar-refractivity contribution in [3.8, 4) is 0 Å². The lowest BCUT2D eigenvalue weighted by Crippen LogP contribution is -2.30. The third-order valence-electron chi connectivity index (χ3n) is 3.57. The highest BCUT2D eigenvalue weighted by Gasteiger charge is 2.35. The summed E-state index contributed by atoms with van der Waals surface area (Å²) >= 11 is 1.29. The molecule has 0 aromatic heterocycles. The molecule has 0 fully saturated rings. The van der Waals surface area contributed by atoms with Gasteiger partial charge in [0.05, 0.1) is 5.57 Å². The van der Waals surface area contributed by atoms with Crippen LogP contribution < -0.4 is 11.5 Å². The van der Waals surface area contributed by atoms with Crippen molar-refractivity contribution in [1.82, 2.24) is 0 Å². The number of benzene rings is 1. The molecule has 0 saturated heterocycles. The summed E-state index contributed by atoms with van der Waals surface area (Å²) in [5, 5.41) is 0. The summed E-state index contributed by atoms with van der Waals surface area (Å²) in [6, 6.07) is 7.63. The van der Waals surface area contributed by atoms with Gasteiger partial charge in [0, 0.05) is 33.8 Å². The maximum absolute atomic E-state index is 12.3. The topological polar surface area (TPSA) is 103 Å². The van der Waals surface area contributed by atoms with E-state index in [9.17, 15) is 14.4 Å². The van der Waals surface area contributed by atoms with Crippen LogP contribution in [0.4, 0.5) is 0 Å². The highest BCUT2D eigenvalue weighted by atomic mass is 32.2. The molecule has 106 valence electrons. The molecule has 2 amide bonds. The number of nitrogens with two attached hydrogens (primary N) is 2. The van der Waals surface area contributed by atoms with Crippen molar-refractivity contribution in [1.29, 1.82) is 0 Å². The Morgan fingerprint density at radius 3 is 2.43 bits per heavy atom. The monoisotopic (exact) mass is 300 g/mol. The van der Waals surface area contributed by atoms with Gasteiger partial charge >= 0.3 is 0 Å². The number of amides is 2. The lowest BCUT2D eigenvalue weighted by atomic mass is 9.86. The molecular weight excluding hydrogens is 288 g/mol. The zero-order chi connectivity index (χ0) is 15.1. The lowest BCUT2D eigenvalue weighted by molar-refractivity contribution is -0.119. The standard InChI is InChI=1S/C15H12N2O3S/c16-14(19)9-6-10(18)8-5-7-3-1-2-4-11(7)21-13(8)12(9)15(17)20/h1-4H,5-6H2,(H2,16,19)(H2,17,20). The van der Waals surface area contributed by atoms with Crippen molar-refractivity contribution in [2.45, 2.75) is 17.7 Å². The van der Waals surface area contributed by atoms with Crippen LogP contribution in [0.5, 0.6) is 0 Å². The van der Waals surface area contributed by atoms with E-state index in [0.717, 1.165) is 10.5 Å². The normalized spacial score (nSPS) is 17.4. The van der Waals surface area contributed by atoms with E-state index in [2.05, 4.69) is 0 Å². The predicted octanol–water partition coefficient (Wildman–Crippen LogP) is 0.829. The molecule has 0 radical (unpaired) electrons. The first-order valence-electron chi connectivity index (χ1n) is 6.34. The number of carbonyl (C=O) groups excluding carboxylic acids is 3. The molecule has 4 N–H and O–H groups in total. The fourth-order valence-corrected chi connectivity index (χ4v) is 3.86. The minimum atomic E-state index is -0.775. The number of fused-ring (bicyclic) bond motifs is 1. The first kappa shape index (κ1) is 13.6. The molecule has 6 heteroatoms. The Balaban J connectivity index is 2.19. The number of allylic oxidation sites excluding steroid dienone is 1. The number of rotatable bonds is 2. The van der Waals surface area contributed by atoms with Crippen LogP contribution in [-0.2, 0) is 20.8 Å². The van der Waals surface area contributed by atoms with Crippen LogP contribution in [0.25, 0.3) is 0 Å². The number of hydrogen-bond donors (Lipinski definition) is 2. The largest absolute Gasteiger partial charge is 0.366 e. The van der Waals surface area contributed by atoms with Crippen LogP contribution in [0.1, 0.15) is 12.0 Å². The summed E-state index contributed by atoms with van der Waals surface area (Å²) < 4.78 is 0. The average Bonchev–Trinajstić information content (AvgIpc) is 2.44. The van der Waals surface area contributed by atoms with Crippen LogP contribution >= 0.6 is 11.8 Å². The summed E-state index contributed by atoms with van der Waals surface area (Å²) in [6.07, 6.45) is 0.287. The first-order chi connectivity index (χ1) is 9.99. The zero-order valence-electron chi connectivity index (χ0n) is 11.0. The molecule has 0 bridgehead atoms. The summed E-state index contributed by atoms with van der Waals surface area (Å²) in [4.78, 5) is 36.9. The van der Waals surface area contributed by atoms with Gasteiger partial charge in [0.2, 0.25) is 11.8 Å². The summed E-state index contributed by atoms with van der Waals surface area (Å²) in [6.45, 7) is 0. The number of Topliss-reactive ketones (excluding diaryl/α,β-unsaturated/α-hetero) is 1. The van der Waals surface area contributed by atoms with Gasteiger partial charge in [0.15, 0.2) is 5.78 Å². The zero-order valence-corrected chi connectivity index (χ0v) is 11.8. The van der Waals surface area contributed by atoms with Crippen molar-refractivity contribution in [3.63, 3.8) is 0 Å². The van der Waals surface area contributed by atoms with Gasteiger partial charge in [0.25, 0.3) is 0 Å². The third kappa shape index (κ3) is 2.17. The maximum atomic E-state index is 12.3. The van der Waals surface area contributed by atoms with Gasteiger partial charge < -0.3 is 11.5 Å². The van der Waals surface area contributed by atoms with E-state index in [1.807, 2.05) is 24.3 Å². The molecule has 0 atom stereocenters. The van der Waals surface area contributed by atoms with Crippen LogP contribution in [0.3, 0.4) is 0 Å². The maximum Gasteiger partial charge on any atom is 0.250 e. The molecule has 1 heterocycles. The second kappa shape index (κ2) is 4.89. The SMILES string of the molecule is NC(=O)C1=C(C(N)=O)C2=C(Cc3ccccc3S2)C(=O)C1. The van der Waals surface area contributed by atoms with Gasteiger partial charge in [-0.15, -0.1) is 0 Å². The van der Waals surface area contributed by atoms with E-state index < -0.39 is 11.8 Å². The van der Waals surface area contributed by atoms with Gasteiger partial charge in [-0.2, -0.15) is 0 Å². The van der Waals surface area contributed by atoms with Crippen molar-refractivity contribution in [2.75, 3.05) is 0 Å². The Hall–Kier alpha value is -2.34. The van der Waals surface area contributed by atoms with Crippen LogP contribution in [0, 0.1) is 0 Å². The minimum Gasteiger partial charge on any atom is -0.366 e. The molecule has 5 nitrogen and oxygen atoms in total. The number of primary amides is 2. The Kier molecular flexibility index (Phi) is 3.17. The van der Waals surface area contributed by atoms with E-state index in [1.54, 1.807) is 0 Å². The van der Waals surface area contributed by atoms with Gasteiger partial charge in [-0.1, -0.05) is 30.0 Å². The minimum absolute atomic E-state index is 0.0122. The Morgan fingerprint density at radius 2 is 1.76 bits per heavy atom. The lowest BCUT2D eigenvalue weighted by Gasteiger charge is -2.27. The Morgan fingerprint density at radius 1 is 1.05 bits per heavy atom. The highest BCUT2D eigenvalue weighted by molar-refractivity contribution is 8.03. The quantitative estimate of drug-likeness (QED) is 0.844. The Bertz CT molecular complexity index is 762. The molecule has 1 aliphatic carbocycles. The van der Waals surface area contributed by atoms with E-state index >= 15 is 0 Å². The molecule has 1 aromatic carbocycles. The van der Waals surface area contributed by atoms with Crippen molar-refractivity contribution >= 4 is 29.4 Å². The van der Waals surface area contributed by atoms with Gasteiger partial charge in [-0.05, 0) is 11.6 Å². The van der Waals surface area contributed by atoms with Crippen molar-refractivity contribution < 1.29 is 14.4 Å². The third-order valence-corrected chi connectivity index (χ3v) is 4.85. The smallest absolute Gasteiger partial charge is 0.250 e. The van der Waals surface area contributed by atoms with Gasteiger partial charge in [-0.3, -0.25) is 14.4 Å². The summed E-state index contributed by atoms with van der Waals surface area (Å²) in [5.74, 6) is -1.68. The second-order valence-electron chi connectivity index (χ2n) is 4.88. The number of ketones is 1. The van der Waals surface area contributed by atoms with Crippen LogP contribution in [-0.4, -0.2) is 17.6 Å². The first-order valence-corrected chi connectivity index (χ1v) is 7.16. The molecule has 0 saturated carbocycles. The molecule has 0 spiro atoms. The Labute approximate surface area is 125 Å². The van der Waals surface area contributed by atoms with Crippen LogP contribution in [0.15, 0.2) is 50.8 Å². The highest BCUT2D eigenvalue weighted by Crippen LogP contribution is 2.45. The average molecular weight is 300 g/mol. The van der Waals surface area contributed by atoms with E-state index in [-0.39, 0.29) is 23.4 Å².